The second kappa shape index (κ2) is 42.1. The molecular weight excluding hydrogens is 1010 g/mol. The molecule has 17 unspecified atom stereocenters. The Bertz CT molecular complexity index is 1710. The van der Waals surface area contributed by atoms with Crippen LogP contribution in [0.4, 0.5) is 0 Å². The monoisotopic (exact) mass is 1110 g/mol. The van der Waals surface area contributed by atoms with Crippen LogP contribution in [0.15, 0.2) is 72.9 Å². The van der Waals surface area contributed by atoms with E-state index in [1.165, 1.54) is 57.8 Å². The molecule has 0 aromatic heterocycles. The second-order valence-electron chi connectivity index (χ2n) is 20.7. The van der Waals surface area contributed by atoms with E-state index in [1.807, 2.05) is 13.0 Å². The first-order chi connectivity index (χ1) is 37.8. The maximum atomic E-state index is 13.2. The summed E-state index contributed by atoms with van der Waals surface area (Å²) in [4.78, 5) is 13.2. The normalized spacial score (nSPS) is 31.0. The molecule has 0 aliphatic carbocycles. The zero-order valence-electron chi connectivity index (χ0n) is 46.6. The molecule has 17 atom stereocenters. The fraction of sp³-hybridized carbons (Fsp3) is 0.780. The van der Waals surface area contributed by atoms with Crippen LogP contribution < -0.4 is 5.32 Å². The summed E-state index contributed by atoms with van der Waals surface area (Å²) < 4.78 is 34.0. The number of hydrogen-bond acceptors (Lipinski definition) is 18. The molecule has 12 N–H and O–H groups in total. The van der Waals surface area contributed by atoms with Crippen LogP contribution in [0.2, 0.25) is 0 Å². The molecule has 3 aliphatic heterocycles. The minimum absolute atomic E-state index is 0.236. The molecule has 3 saturated heterocycles. The van der Waals surface area contributed by atoms with Gasteiger partial charge in [0.05, 0.1) is 38.6 Å². The van der Waals surface area contributed by atoms with Gasteiger partial charge in [-0.1, -0.05) is 170 Å². The van der Waals surface area contributed by atoms with Crippen molar-refractivity contribution in [1.29, 1.82) is 0 Å². The molecule has 3 aliphatic rings. The predicted octanol–water partition coefficient (Wildman–Crippen LogP) is 4.65. The Morgan fingerprint density at radius 3 is 1.37 bits per heavy atom. The number of amides is 1. The third kappa shape index (κ3) is 26.0. The lowest BCUT2D eigenvalue weighted by Crippen LogP contribution is -2.66. The lowest BCUT2D eigenvalue weighted by Gasteiger charge is -2.48. The third-order valence-electron chi connectivity index (χ3n) is 14.3. The van der Waals surface area contributed by atoms with Gasteiger partial charge in [0, 0.05) is 6.42 Å². The molecule has 0 aromatic carbocycles. The zero-order valence-corrected chi connectivity index (χ0v) is 46.6. The van der Waals surface area contributed by atoms with E-state index in [0.717, 1.165) is 70.6 Å². The summed E-state index contributed by atoms with van der Waals surface area (Å²) in [5, 5.41) is 119. The number of carbonyl (C=O) groups excluding carboxylic acids is 1. The van der Waals surface area contributed by atoms with E-state index in [2.05, 4.69) is 73.0 Å². The number of nitrogens with one attached hydrogen (secondary N) is 1. The van der Waals surface area contributed by atoms with Crippen LogP contribution in [0.3, 0.4) is 0 Å². The van der Waals surface area contributed by atoms with Crippen molar-refractivity contribution in [2.45, 2.75) is 266 Å². The van der Waals surface area contributed by atoms with Crippen LogP contribution in [0.1, 0.15) is 162 Å². The Hall–Kier alpha value is -2.77. The largest absolute Gasteiger partial charge is 0.394 e. The van der Waals surface area contributed by atoms with Crippen LogP contribution in [-0.2, 0) is 33.2 Å². The molecule has 3 heterocycles. The summed E-state index contributed by atoms with van der Waals surface area (Å²) in [6.07, 6.45) is 22.9. The van der Waals surface area contributed by atoms with Gasteiger partial charge in [-0.15, -0.1) is 0 Å². The highest BCUT2D eigenvalue weighted by molar-refractivity contribution is 5.76. The Morgan fingerprint density at radius 2 is 0.885 bits per heavy atom. The number of aliphatic hydroxyl groups excluding tert-OH is 11. The second-order valence-corrected chi connectivity index (χ2v) is 20.7. The fourth-order valence-corrected chi connectivity index (χ4v) is 9.44. The highest BCUT2D eigenvalue weighted by Crippen LogP contribution is 2.33. The summed E-state index contributed by atoms with van der Waals surface area (Å²) in [7, 11) is 0. The molecule has 1 amide bonds. The summed E-state index contributed by atoms with van der Waals surface area (Å²) in [6.45, 7) is 1.41. The first-order valence-corrected chi connectivity index (χ1v) is 29.2. The predicted molar refractivity (Wildman–Crippen MR) is 295 cm³/mol. The van der Waals surface area contributed by atoms with Crippen molar-refractivity contribution in [2.24, 2.45) is 0 Å². The van der Waals surface area contributed by atoms with Gasteiger partial charge in [-0.05, 0) is 57.8 Å². The number of allylic oxidation sites excluding steroid dienone is 11. The van der Waals surface area contributed by atoms with E-state index < -0.39 is 124 Å². The Kier molecular flexibility index (Phi) is 37.5. The maximum absolute atomic E-state index is 13.2. The first kappa shape index (κ1) is 69.5. The van der Waals surface area contributed by atoms with Crippen LogP contribution in [0.5, 0.6) is 0 Å². The van der Waals surface area contributed by atoms with Crippen LogP contribution >= 0.6 is 0 Å². The molecule has 0 saturated carbocycles. The lowest BCUT2D eigenvalue weighted by atomic mass is 9.96. The number of hydrogen-bond donors (Lipinski definition) is 12. The van der Waals surface area contributed by atoms with Gasteiger partial charge in [0.25, 0.3) is 0 Å². The minimum atomic E-state index is -1.98. The van der Waals surface area contributed by atoms with Gasteiger partial charge in [-0.25, -0.2) is 0 Å². The molecule has 0 aromatic rings. The molecule has 78 heavy (non-hydrogen) atoms. The van der Waals surface area contributed by atoms with Crippen LogP contribution in [-0.4, -0.2) is 193 Å². The molecular formula is C59H101NO18. The fourth-order valence-electron chi connectivity index (χ4n) is 9.44. The van der Waals surface area contributed by atoms with Gasteiger partial charge in [0.15, 0.2) is 18.9 Å². The highest BCUT2D eigenvalue weighted by atomic mass is 16.8. The number of aliphatic hydroxyl groups is 11. The smallest absolute Gasteiger partial charge is 0.220 e. The van der Waals surface area contributed by atoms with Crippen molar-refractivity contribution in [3.05, 3.63) is 72.9 Å². The molecule has 19 nitrogen and oxygen atoms in total. The first-order valence-electron chi connectivity index (χ1n) is 29.2. The van der Waals surface area contributed by atoms with E-state index >= 15 is 0 Å². The molecule has 0 bridgehead atoms. The molecule has 3 rings (SSSR count). The van der Waals surface area contributed by atoms with Crippen molar-refractivity contribution in [3.8, 4) is 0 Å². The van der Waals surface area contributed by atoms with Crippen molar-refractivity contribution < 1.29 is 89.4 Å². The van der Waals surface area contributed by atoms with Crippen molar-refractivity contribution in [3.63, 3.8) is 0 Å². The van der Waals surface area contributed by atoms with Gasteiger partial charge in [-0.2, -0.15) is 0 Å². The lowest BCUT2D eigenvalue weighted by molar-refractivity contribution is -0.379. The Labute approximate surface area is 464 Å². The van der Waals surface area contributed by atoms with Crippen molar-refractivity contribution in [1.82, 2.24) is 5.32 Å². The standard InChI is InChI=1S/C59H101NO18/c1-3-5-7-9-10-11-12-13-14-15-16-17-18-19-20-21-22-23-24-25-26-27-28-29-30-31-32-33-35-37-47(65)60-42(43(64)36-34-8-6-4-2)41-73-57-53(71)50(68)55(45(39-62)75-57)78-59-54(72)51(69)56(46(40-63)76-59)77-58-52(70)49(67)48(66)44(38-61)74-58/h5,7,10-11,13-14,16-17,19-20,34,36,42-46,48-59,61-64,66-72H,3-4,6,8-9,12,15,18,21-33,35,37-41H2,1-2H3,(H,60,65)/b7-5-,11-10-,14-13-,17-16-,20-19-,36-34+. The van der Waals surface area contributed by atoms with Gasteiger partial charge < -0.3 is 89.9 Å². The van der Waals surface area contributed by atoms with Crippen LogP contribution in [0.25, 0.3) is 0 Å². The maximum Gasteiger partial charge on any atom is 0.220 e. The Morgan fingerprint density at radius 1 is 0.474 bits per heavy atom. The Balaban J connectivity index is 1.33. The molecule has 3 fully saturated rings. The van der Waals surface area contributed by atoms with E-state index in [1.54, 1.807) is 6.08 Å². The SMILES string of the molecule is CC/C=C\C/C=C\C/C=C\C/C=C\C/C=C\CCCCCCCCCCCCCCCC(=O)NC(COC1OC(CO)C(OC2OC(CO)C(OC3OC(CO)C(O)C(O)C3O)C(O)C2O)C(O)C1O)C(O)/C=C/CCCC. The minimum Gasteiger partial charge on any atom is -0.394 e. The van der Waals surface area contributed by atoms with Crippen LogP contribution in [0, 0.1) is 0 Å². The number of unbranched alkanes of at least 4 members (excludes halogenated alkanes) is 15. The summed E-state index contributed by atoms with van der Waals surface area (Å²) >= 11 is 0. The molecule has 0 radical (unpaired) electrons. The van der Waals surface area contributed by atoms with Crippen molar-refractivity contribution >= 4 is 5.91 Å². The van der Waals surface area contributed by atoms with Gasteiger partial charge in [0.2, 0.25) is 5.91 Å². The van der Waals surface area contributed by atoms with Gasteiger partial charge in [0.1, 0.15) is 73.2 Å². The summed E-state index contributed by atoms with van der Waals surface area (Å²) in [5.41, 5.74) is 0. The van der Waals surface area contributed by atoms with Gasteiger partial charge in [-0.3, -0.25) is 4.79 Å². The molecule has 19 heteroatoms. The molecule has 0 spiro atoms. The average molecular weight is 1110 g/mol. The van der Waals surface area contributed by atoms with Gasteiger partial charge >= 0.3 is 0 Å². The number of carbonyl (C=O) groups is 1. The van der Waals surface area contributed by atoms with Crippen molar-refractivity contribution in [2.75, 3.05) is 26.4 Å². The quantitative estimate of drug-likeness (QED) is 0.0293. The highest BCUT2D eigenvalue weighted by Gasteiger charge is 2.53. The average Bonchev–Trinajstić information content (AvgIpc) is 3.48. The van der Waals surface area contributed by atoms with E-state index in [9.17, 15) is 61.0 Å². The number of rotatable bonds is 41. The topological polar surface area (TPSA) is 307 Å². The third-order valence-corrected chi connectivity index (χ3v) is 14.3. The molecule has 450 valence electrons. The van der Waals surface area contributed by atoms with E-state index in [-0.39, 0.29) is 18.9 Å². The summed E-state index contributed by atoms with van der Waals surface area (Å²) in [6, 6.07) is -0.972. The van der Waals surface area contributed by atoms with E-state index in [4.69, 9.17) is 28.4 Å². The zero-order chi connectivity index (χ0) is 56.9. The number of ether oxygens (including phenoxy) is 6. The summed E-state index contributed by atoms with van der Waals surface area (Å²) in [5.74, 6) is -0.291. The van der Waals surface area contributed by atoms with E-state index in [0.29, 0.717) is 12.8 Å².